The van der Waals surface area contributed by atoms with Crippen LogP contribution in [0.15, 0.2) is 0 Å². The molecule has 0 atom stereocenters. The topological polar surface area (TPSA) is 0 Å². The van der Waals surface area contributed by atoms with Crippen LogP contribution in [0, 0.1) is 0 Å². The second-order valence-electron chi connectivity index (χ2n) is 0. The summed E-state index contributed by atoms with van der Waals surface area (Å²) in [5.74, 6) is 0. The summed E-state index contributed by atoms with van der Waals surface area (Å²) in [4.78, 5) is 0. The van der Waals surface area contributed by atoms with Gasteiger partial charge < -0.3 is 2.85 Å². The molecule has 0 rings (SSSR count). The van der Waals surface area contributed by atoms with Gasteiger partial charge in [-0.25, -0.2) is 0 Å². The van der Waals surface area contributed by atoms with Crippen molar-refractivity contribution in [3.8, 4) is 0 Å². The molecule has 0 fully saturated rings. The molecule has 0 N–H and O–H groups in total. The number of rotatable bonds is 0. The monoisotopic (exact) mass is 319 g/mol. The van der Waals surface area contributed by atoms with Crippen LogP contribution in [0.4, 0.5) is 0 Å². The van der Waals surface area contributed by atoms with Gasteiger partial charge in [-0.2, -0.15) is 0 Å². The minimum atomic E-state index is 0. The minimum absolute atomic E-state index is 0. The van der Waals surface area contributed by atoms with E-state index in [1.165, 1.54) is 0 Å². The molecule has 0 aromatic rings. The van der Waals surface area contributed by atoms with E-state index in [2.05, 4.69) is 0 Å². The SMILES string of the molecule is [AlH3].[Ca+2].[H-].[H-].[Mn].[Zn].[Zn].[Zn]. The second kappa shape index (κ2) is 35.1. The van der Waals surface area contributed by atoms with Gasteiger partial charge in [-0.05, 0) is 0 Å². The van der Waals surface area contributed by atoms with Gasteiger partial charge in [0.1, 0.15) is 0 Å². The summed E-state index contributed by atoms with van der Waals surface area (Å²) in [6.45, 7) is 0. The Morgan fingerprint density at radius 2 is 0.833 bits per heavy atom. The van der Waals surface area contributed by atoms with Crippen molar-refractivity contribution in [2.75, 3.05) is 0 Å². The van der Waals surface area contributed by atoms with Gasteiger partial charge in [-0.3, -0.25) is 0 Å². The van der Waals surface area contributed by atoms with Crippen molar-refractivity contribution in [3.05, 3.63) is 0 Å². The third-order valence-electron chi connectivity index (χ3n) is 0. The van der Waals surface area contributed by atoms with E-state index in [0.29, 0.717) is 0 Å². The summed E-state index contributed by atoms with van der Waals surface area (Å²) in [5.41, 5.74) is 0. The van der Waals surface area contributed by atoms with Gasteiger partial charge in [-0.1, -0.05) is 0 Å². The molecule has 0 aliphatic rings. The van der Waals surface area contributed by atoms with Crippen LogP contribution >= 0.6 is 0 Å². The molecule has 0 aromatic carbocycles. The van der Waals surface area contributed by atoms with Crippen LogP contribution in [0.25, 0.3) is 0 Å². The summed E-state index contributed by atoms with van der Waals surface area (Å²) in [5, 5.41) is 0. The molecule has 0 spiro atoms. The average molecular weight is 323 g/mol. The van der Waals surface area contributed by atoms with Crippen LogP contribution in [-0.4, -0.2) is 55.1 Å². The minimum Gasteiger partial charge on any atom is -1.00 e. The largest absolute Gasteiger partial charge is 2.00 e. The van der Waals surface area contributed by atoms with Gasteiger partial charge >= 0.3 is 37.7 Å². The van der Waals surface area contributed by atoms with E-state index in [1.54, 1.807) is 0 Å². The summed E-state index contributed by atoms with van der Waals surface area (Å²) < 4.78 is 0. The van der Waals surface area contributed by atoms with Crippen molar-refractivity contribution >= 4 is 55.1 Å². The molecule has 0 saturated heterocycles. The van der Waals surface area contributed by atoms with Gasteiger partial charge in [0, 0.05) is 75.5 Å². The molecule has 0 unspecified atom stereocenters. The van der Waals surface area contributed by atoms with Crippen molar-refractivity contribution in [3.63, 3.8) is 0 Å². The van der Waals surface area contributed by atoms with E-state index >= 15 is 0 Å². The number of hydrogen-bond acceptors (Lipinski definition) is 0. The summed E-state index contributed by atoms with van der Waals surface area (Å²) in [6, 6.07) is 0. The van der Waals surface area contributed by atoms with Gasteiger partial charge in [0.15, 0.2) is 17.4 Å². The first-order chi connectivity index (χ1) is 0. The van der Waals surface area contributed by atoms with Gasteiger partial charge in [0.05, 0.1) is 0 Å². The average Bonchev–Trinajstić information content (AvgIpc) is 0. The number of hydrogen-bond donors (Lipinski definition) is 0. The predicted molar refractivity (Wildman–Crippen MR) is 17.9 cm³/mol. The van der Waals surface area contributed by atoms with E-state index in [1.807, 2.05) is 0 Å². The standard InChI is InChI=1S/Al.Ca.Mn.3Zn.5H/q;+2;;;;;;;;2*-1. The smallest absolute Gasteiger partial charge is 1.00 e. The van der Waals surface area contributed by atoms with Crippen molar-refractivity contribution in [1.82, 2.24) is 0 Å². The first kappa shape index (κ1) is 49.1. The second-order valence-corrected chi connectivity index (χ2v) is 0. The van der Waals surface area contributed by atoms with Crippen molar-refractivity contribution in [2.24, 2.45) is 0 Å². The predicted octanol–water partition coefficient (Wildman–Crippen LogP) is -1.35. The van der Waals surface area contributed by atoms with Crippen molar-refractivity contribution < 1.29 is 78.4 Å². The Kier molecular flexibility index (Phi) is 288. The van der Waals surface area contributed by atoms with E-state index in [4.69, 9.17) is 0 Å². The Hall–Kier alpha value is 4.18. The van der Waals surface area contributed by atoms with Gasteiger partial charge in [0.25, 0.3) is 0 Å². The first-order valence-electron chi connectivity index (χ1n) is 0. The molecule has 0 aliphatic carbocycles. The molecule has 0 heterocycles. The third-order valence-corrected chi connectivity index (χ3v) is 0. The third kappa shape index (κ3) is 24.1. The maximum atomic E-state index is 0. The molecule has 23 valence electrons. The molecule has 0 nitrogen and oxygen atoms in total. The van der Waals surface area contributed by atoms with E-state index < -0.39 is 0 Å². The molecular formula is H5AlCaMnZn3. The Morgan fingerprint density at radius 1 is 0.833 bits per heavy atom. The molecular weight excluding hydrogens is 318 g/mol. The van der Waals surface area contributed by atoms with Gasteiger partial charge in [0.2, 0.25) is 0 Å². The Labute approximate surface area is 131 Å². The van der Waals surface area contributed by atoms with Crippen molar-refractivity contribution in [2.45, 2.75) is 0 Å². The summed E-state index contributed by atoms with van der Waals surface area (Å²) in [7, 11) is 0. The maximum absolute atomic E-state index is 0. The Morgan fingerprint density at radius 3 is 0.833 bits per heavy atom. The summed E-state index contributed by atoms with van der Waals surface area (Å²) >= 11 is 0. The van der Waals surface area contributed by atoms with Crippen LogP contribution < -0.4 is 0 Å². The fourth-order valence-corrected chi connectivity index (χ4v) is 0. The zero-order valence-corrected chi connectivity index (χ0v) is 15.5. The zero-order valence-electron chi connectivity index (χ0n) is 5.21. The Balaban J connectivity index is 0. The van der Waals surface area contributed by atoms with E-state index in [9.17, 15) is 0 Å². The maximum Gasteiger partial charge on any atom is 2.00 e. The molecule has 1 radical (unpaired) electrons. The zero-order chi connectivity index (χ0) is 0. The molecule has 0 bridgehead atoms. The summed E-state index contributed by atoms with van der Waals surface area (Å²) in [6.07, 6.45) is 0. The normalized spacial score (nSPS) is 0. The van der Waals surface area contributed by atoms with Crippen LogP contribution in [0.1, 0.15) is 2.85 Å². The molecule has 0 aliphatic heterocycles. The van der Waals surface area contributed by atoms with Crippen molar-refractivity contribution in [1.29, 1.82) is 0 Å². The van der Waals surface area contributed by atoms with E-state index in [-0.39, 0.29) is 133 Å². The molecule has 6 heavy (non-hydrogen) atoms. The Bertz CT molecular complexity index is 17.2. The van der Waals surface area contributed by atoms with Crippen LogP contribution in [0.2, 0.25) is 0 Å². The molecule has 0 aromatic heterocycles. The molecule has 6 heteroatoms. The fraction of sp³-hybridized carbons (Fsp3) is 0. The van der Waals surface area contributed by atoms with Gasteiger partial charge in [-0.15, -0.1) is 0 Å². The van der Waals surface area contributed by atoms with Crippen LogP contribution in [0.5, 0.6) is 0 Å². The van der Waals surface area contributed by atoms with Crippen LogP contribution in [-0.2, 0) is 75.5 Å². The fourth-order valence-electron chi connectivity index (χ4n) is 0. The van der Waals surface area contributed by atoms with E-state index in [0.717, 1.165) is 0 Å². The first-order valence-corrected chi connectivity index (χ1v) is 0. The molecule has 0 amide bonds. The molecule has 0 saturated carbocycles. The van der Waals surface area contributed by atoms with Crippen LogP contribution in [0.3, 0.4) is 0 Å². The quantitative estimate of drug-likeness (QED) is 0.484.